The number of sulfone groups is 1. The Labute approximate surface area is 181 Å². The van der Waals surface area contributed by atoms with Gasteiger partial charge in [-0.15, -0.1) is 0 Å². The van der Waals surface area contributed by atoms with E-state index in [1.807, 2.05) is 37.3 Å². The third-order valence-electron chi connectivity index (χ3n) is 5.28. The van der Waals surface area contributed by atoms with Crippen LogP contribution in [-0.4, -0.2) is 48.3 Å². The molecule has 2 aromatic rings. The summed E-state index contributed by atoms with van der Waals surface area (Å²) in [6.45, 7) is 2.01. The van der Waals surface area contributed by atoms with E-state index < -0.39 is 9.84 Å². The summed E-state index contributed by atoms with van der Waals surface area (Å²) in [5.41, 5.74) is 2.61. The molecule has 2 N–H and O–H groups in total. The number of fused-ring (bicyclic) bond motifs is 1. The maximum absolute atomic E-state index is 12.6. The third-order valence-corrected chi connectivity index (χ3v) is 8.42. The molecular weight excluding hydrogens is 418 g/mol. The van der Waals surface area contributed by atoms with Gasteiger partial charge in [0, 0.05) is 22.5 Å². The predicted molar refractivity (Wildman–Crippen MR) is 123 cm³/mol. The van der Waals surface area contributed by atoms with Crippen molar-refractivity contribution in [3.05, 3.63) is 65.7 Å². The number of amides is 1. The summed E-state index contributed by atoms with van der Waals surface area (Å²) in [4.78, 5) is 17.2. The molecule has 0 spiro atoms. The van der Waals surface area contributed by atoms with Gasteiger partial charge in [0.15, 0.2) is 15.0 Å². The van der Waals surface area contributed by atoms with Gasteiger partial charge in [-0.1, -0.05) is 48.2 Å². The minimum Gasteiger partial charge on any atom is -0.350 e. The minimum absolute atomic E-state index is 0.00514. The summed E-state index contributed by atoms with van der Waals surface area (Å²) < 4.78 is 23.4. The molecule has 30 heavy (non-hydrogen) atoms. The molecule has 4 rings (SSSR count). The van der Waals surface area contributed by atoms with Crippen LogP contribution < -0.4 is 10.6 Å². The molecule has 2 aliphatic heterocycles. The van der Waals surface area contributed by atoms with Gasteiger partial charge in [-0.2, -0.15) is 0 Å². The zero-order valence-electron chi connectivity index (χ0n) is 16.7. The average molecular weight is 444 g/mol. The van der Waals surface area contributed by atoms with Gasteiger partial charge in [0.05, 0.1) is 17.5 Å². The van der Waals surface area contributed by atoms with Crippen molar-refractivity contribution in [2.24, 2.45) is 4.99 Å². The molecule has 158 valence electrons. The summed E-state index contributed by atoms with van der Waals surface area (Å²) in [5, 5.41) is 7.00. The highest BCUT2D eigenvalue weighted by Crippen LogP contribution is 2.34. The molecule has 0 aliphatic carbocycles. The lowest BCUT2D eigenvalue weighted by molar-refractivity contribution is 0.0938. The van der Waals surface area contributed by atoms with Gasteiger partial charge in [-0.3, -0.25) is 9.79 Å². The smallest absolute Gasteiger partial charge is 0.251 e. The first-order valence-electron chi connectivity index (χ1n) is 10.0. The van der Waals surface area contributed by atoms with Gasteiger partial charge in [0.1, 0.15) is 0 Å². The van der Waals surface area contributed by atoms with Crippen molar-refractivity contribution >= 4 is 38.4 Å². The second-order valence-electron chi connectivity index (χ2n) is 7.84. The zero-order chi connectivity index (χ0) is 21.1. The van der Waals surface area contributed by atoms with Crippen molar-refractivity contribution in [2.45, 2.75) is 37.1 Å². The van der Waals surface area contributed by atoms with E-state index in [2.05, 4.69) is 27.8 Å². The molecule has 3 atom stereocenters. The Bertz CT molecular complexity index is 1050. The first-order valence-corrected chi connectivity index (χ1v) is 12.7. The molecule has 1 saturated heterocycles. The van der Waals surface area contributed by atoms with Crippen LogP contribution in [0.2, 0.25) is 0 Å². The maximum Gasteiger partial charge on any atom is 0.251 e. The topological polar surface area (TPSA) is 87.6 Å². The van der Waals surface area contributed by atoms with E-state index in [0.717, 1.165) is 18.5 Å². The largest absolute Gasteiger partial charge is 0.350 e. The SMILES string of the molecule is CC(CCc1ccccc1)NC(=O)c1cccc(NC2=NC3CS(=O)(=O)CC3S2)c1. The standard InChI is InChI=1S/C22H25N3O3S2/c1-15(10-11-16-6-3-2-4-7-16)23-21(26)17-8-5-9-18(12-17)24-22-25-19-13-30(27,28)14-20(19)29-22/h2-9,12,15,19-20H,10-11,13-14H2,1H3,(H,23,26)(H,24,25). The lowest BCUT2D eigenvalue weighted by atomic mass is 10.1. The van der Waals surface area contributed by atoms with Crippen molar-refractivity contribution in [3.8, 4) is 0 Å². The number of rotatable bonds is 6. The van der Waals surface area contributed by atoms with Gasteiger partial charge in [0.25, 0.3) is 5.91 Å². The van der Waals surface area contributed by atoms with Crippen LogP contribution in [0.1, 0.15) is 29.3 Å². The van der Waals surface area contributed by atoms with Crippen molar-refractivity contribution in [1.82, 2.24) is 5.32 Å². The average Bonchev–Trinajstić information content (AvgIpc) is 3.19. The number of aryl methyl sites for hydroxylation is 1. The Morgan fingerprint density at radius 2 is 1.97 bits per heavy atom. The van der Waals surface area contributed by atoms with Crippen molar-refractivity contribution in [3.63, 3.8) is 0 Å². The molecule has 2 aromatic carbocycles. The fourth-order valence-electron chi connectivity index (χ4n) is 3.68. The molecule has 0 saturated carbocycles. The molecule has 2 aliphatic rings. The predicted octanol–water partition coefficient (Wildman–Crippen LogP) is 3.12. The zero-order valence-corrected chi connectivity index (χ0v) is 18.4. The van der Waals surface area contributed by atoms with Crippen molar-refractivity contribution < 1.29 is 13.2 Å². The first kappa shape index (κ1) is 20.9. The van der Waals surface area contributed by atoms with Crippen molar-refractivity contribution in [2.75, 3.05) is 16.8 Å². The van der Waals surface area contributed by atoms with E-state index in [9.17, 15) is 13.2 Å². The molecular formula is C22H25N3O3S2. The van der Waals surface area contributed by atoms with Gasteiger partial charge >= 0.3 is 0 Å². The number of carbonyl (C=O) groups excluding carboxylic acids is 1. The maximum atomic E-state index is 12.6. The highest BCUT2D eigenvalue weighted by Gasteiger charge is 2.42. The number of nitrogens with one attached hydrogen (secondary N) is 2. The van der Waals surface area contributed by atoms with Gasteiger partial charge < -0.3 is 10.6 Å². The van der Waals surface area contributed by atoms with Gasteiger partial charge in [-0.25, -0.2) is 8.42 Å². The van der Waals surface area contributed by atoms with E-state index in [0.29, 0.717) is 10.7 Å². The Kier molecular flexibility index (Phi) is 6.15. The first-order chi connectivity index (χ1) is 14.4. The second kappa shape index (κ2) is 8.81. The van der Waals surface area contributed by atoms with Crippen LogP contribution in [0.15, 0.2) is 59.6 Å². The Balaban J connectivity index is 1.32. The number of hydrogen-bond donors (Lipinski definition) is 2. The number of thioether (sulfide) groups is 1. The van der Waals surface area contributed by atoms with Crippen LogP contribution in [0.25, 0.3) is 0 Å². The number of nitrogens with zero attached hydrogens (tertiary/aromatic N) is 1. The van der Waals surface area contributed by atoms with Crippen molar-refractivity contribution in [1.29, 1.82) is 0 Å². The molecule has 1 amide bonds. The van der Waals surface area contributed by atoms with E-state index in [4.69, 9.17) is 0 Å². The molecule has 3 unspecified atom stereocenters. The number of carbonyl (C=O) groups is 1. The normalized spacial score (nSPS) is 22.8. The van der Waals surface area contributed by atoms with Crippen LogP contribution in [0, 0.1) is 0 Å². The number of aliphatic imine (C=N–C) groups is 1. The van der Waals surface area contributed by atoms with Crippen LogP contribution in [0.5, 0.6) is 0 Å². The van der Waals surface area contributed by atoms with E-state index in [-0.39, 0.29) is 34.7 Å². The van der Waals surface area contributed by atoms with Gasteiger partial charge in [-0.05, 0) is 43.5 Å². The Hall–Kier alpha value is -2.32. The summed E-state index contributed by atoms with van der Waals surface area (Å²) in [6.07, 6.45) is 1.78. The fraction of sp³-hybridized carbons (Fsp3) is 0.364. The second-order valence-corrected chi connectivity index (χ2v) is 11.2. The van der Waals surface area contributed by atoms with E-state index in [1.54, 1.807) is 12.1 Å². The Morgan fingerprint density at radius 3 is 2.73 bits per heavy atom. The van der Waals surface area contributed by atoms with Crippen LogP contribution >= 0.6 is 11.8 Å². The molecule has 8 heteroatoms. The third kappa shape index (κ3) is 5.23. The highest BCUT2D eigenvalue weighted by atomic mass is 32.2. The van der Waals surface area contributed by atoms with Gasteiger partial charge in [0.2, 0.25) is 0 Å². The number of anilines is 1. The van der Waals surface area contributed by atoms with Crippen LogP contribution in [0.3, 0.4) is 0 Å². The number of amidine groups is 1. The minimum atomic E-state index is -2.96. The molecule has 1 fully saturated rings. The lowest BCUT2D eigenvalue weighted by Crippen LogP contribution is -2.32. The van der Waals surface area contributed by atoms with E-state index >= 15 is 0 Å². The Morgan fingerprint density at radius 1 is 1.17 bits per heavy atom. The fourth-order valence-corrected chi connectivity index (χ4v) is 7.36. The summed E-state index contributed by atoms with van der Waals surface area (Å²) in [5.74, 6) is 0.197. The molecule has 6 nitrogen and oxygen atoms in total. The summed E-state index contributed by atoms with van der Waals surface area (Å²) in [7, 11) is -2.96. The summed E-state index contributed by atoms with van der Waals surface area (Å²) >= 11 is 1.47. The van der Waals surface area contributed by atoms with Crippen LogP contribution in [0.4, 0.5) is 5.69 Å². The lowest BCUT2D eigenvalue weighted by Gasteiger charge is -2.15. The monoisotopic (exact) mass is 443 g/mol. The van der Waals surface area contributed by atoms with E-state index in [1.165, 1.54) is 17.3 Å². The molecule has 0 bridgehead atoms. The molecule has 0 radical (unpaired) electrons. The number of benzene rings is 2. The molecule has 2 heterocycles. The highest BCUT2D eigenvalue weighted by molar-refractivity contribution is 8.15. The number of hydrogen-bond acceptors (Lipinski definition) is 6. The van der Waals surface area contributed by atoms with Crippen LogP contribution in [-0.2, 0) is 16.3 Å². The molecule has 0 aromatic heterocycles. The summed E-state index contributed by atoms with van der Waals surface area (Å²) in [6, 6.07) is 17.4. The quantitative estimate of drug-likeness (QED) is 0.716.